The number of anilines is 1. The Bertz CT molecular complexity index is 1460. The lowest BCUT2D eigenvalue weighted by Crippen LogP contribution is -2.33. The summed E-state index contributed by atoms with van der Waals surface area (Å²) in [4.78, 5) is 43.2. The molecule has 0 fully saturated rings. The number of methoxy groups -OCH3 is 1. The van der Waals surface area contributed by atoms with E-state index < -0.39 is 18.0 Å². The third-order valence-electron chi connectivity index (χ3n) is 5.51. The standard InChI is InChI=1S/C26H25N3O5S/c1-15-5-6-16(2)20(11-15)28-25(31)17(3)34-23(30)13-29-14-27-21-12-22(35-24(21)26(29)32)18-7-9-19(33-4)10-8-18/h5-12,14,17H,13H2,1-4H3,(H,28,31). The number of benzene rings is 2. The van der Waals surface area contributed by atoms with E-state index in [1.165, 1.54) is 29.2 Å². The van der Waals surface area contributed by atoms with Gasteiger partial charge in [0.1, 0.15) is 17.0 Å². The molecule has 1 atom stereocenters. The maximum atomic E-state index is 13.0. The Morgan fingerprint density at radius 1 is 1.11 bits per heavy atom. The number of rotatable bonds is 7. The first-order chi connectivity index (χ1) is 16.7. The molecule has 0 saturated carbocycles. The fourth-order valence-corrected chi connectivity index (χ4v) is 4.55. The van der Waals surface area contributed by atoms with E-state index in [1.807, 2.05) is 62.4 Å². The molecule has 4 aromatic rings. The molecular weight excluding hydrogens is 466 g/mol. The topological polar surface area (TPSA) is 99.5 Å². The second-order valence-electron chi connectivity index (χ2n) is 8.17. The molecule has 35 heavy (non-hydrogen) atoms. The molecule has 2 heterocycles. The second-order valence-corrected chi connectivity index (χ2v) is 9.22. The molecule has 9 heteroatoms. The first-order valence-electron chi connectivity index (χ1n) is 11.0. The number of nitrogens with zero attached hydrogens (tertiary/aromatic N) is 2. The molecule has 4 rings (SSSR count). The van der Waals surface area contributed by atoms with Crippen molar-refractivity contribution in [2.75, 3.05) is 12.4 Å². The number of hydrogen-bond acceptors (Lipinski definition) is 7. The van der Waals surface area contributed by atoms with Gasteiger partial charge in [-0.05, 0) is 73.9 Å². The molecule has 0 spiro atoms. The van der Waals surface area contributed by atoms with Gasteiger partial charge >= 0.3 is 5.97 Å². The predicted molar refractivity (Wildman–Crippen MR) is 136 cm³/mol. The van der Waals surface area contributed by atoms with Crippen LogP contribution < -0.4 is 15.6 Å². The third-order valence-corrected chi connectivity index (χ3v) is 6.67. The first-order valence-corrected chi connectivity index (χ1v) is 11.8. The van der Waals surface area contributed by atoms with Gasteiger partial charge in [-0.3, -0.25) is 19.0 Å². The quantitative estimate of drug-likeness (QED) is 0.387. The minimum Gasteiger partial charge on any atom is -0.497 e. The number of amides is 1. The number of aromatic nitrogens is 2. The zero-order valence-corrected chi connectivity index (χ0v) is 20.6. The van der Waals surface area contributed by atoms with Crippen molar-refractivity contribution < 1.29 is 19.1 Å². The Morgan fingerprint density at radius 3 is 2.57 bits per heavy atom. The molecule has 2 aromatic carbocycles. The number of esters is 1. The maximum absolute atomic E-state index is 13.0. The molecule has 0 bridgehead atoms. The molecule has 1 unspecified atom stereocenters. The lowest BCUT2D eigenvalue weighted by Gasteiger charge is -2.15. The highest BCUT2D eigenvalue weighted by Crippen LogP contribution is 2.31. The van der Waals surface area contributed by atoms with E-state index in [-0.39, 0.29) is 12.1 Å². The third kappa shape index (κ3) is 5.41. The number of ether oxygens (including phenoxy) is 2. The Hall–Kier alpha value is -3.98. The molecule has 0 aliphatic heterocycles. The lowest BCUT2D eigenvalue weighted by atomic mass is 10.1. The molecule has 1 N–H and O–H groups in total. The molecule has 1 amide bonds. The average molecular weight is 492 g/mol. The van der Waals surface area contributed by atoms with Gasteiger partial charge in [0.15, 0.2) is 6.10 Å². The number of aryl methyl sites for hydroxylation is 2. The number of carbonyl (C=O) groups is 2. The van der Waals surface area contributed by atoms with Crippen LogP contribution >= 0.6 is 11.3 Å². The Balaban J connectivity index is 1.45. The van der Waals surface area contributed by atoms with E-state index >= 15 is 0 Å². The highest BCUT2D eigenvalue weighted by molar-refractivity contribution is 7.22. The molecule has 0 radical (unpaired) electrons. The van der Waals surface area contributed by atoms with Crippen LogP contribution in [0.3, 0.4) is 0 Å². The summed E-state index contributed by atoms with van der Waals surface area (Å²) in [5.74, 6) is -0.412. The largest absolute Gasteiger partial charge is 0.497 e. The van der Waals surface area contributed by atoms with Crippen molar-refractivity contribution in [3.05, 3.63) is 76.3 Å². The van der Waals surface area contributed by atoms with Crippen LogP contribution in [0.15, 0.2) is 59.7 Å². The molecule has 0 aliphatic rings. The van der Waals surface area contributed by atoms with Crippen LogP contribution in [0.5, 0.6) is 5.75 Å². The zero-order chi connectivity index (χ0) is 25.1. The molecule has 0 saturated heterocycles. The number of nitrogens with one attached hydrogen (secondary N) is 1. The second kappa shape index (κ2) is 10.1. The van der Waals surface area contributed by atoms with Crippen molar-refractivity contribution >= 4 is 39.1 Å². The van der Waals surface area contributed by atoms with Gasteiger partial charge in [0.2, 0.25) is 0 Å². The first kappa shape index (κ1) is 24.2. The lowest BCUT2D eigenvalue weighted by molar-refractivity contribution is -0.153. The Kier molecular flexibility index (Phi) is 6.97. The molecular formula is C26H25N3O5S. The summed E-state index contributed by atoms with van der Waals surface area (Å²) in [6.07, 6.45) is 0.287. The Labute approximate surface area is 206 Å². The fourth-order valence-electron chi connectivity index (χ4n) is 3.49. The van der Waals surface area contributed by atoms with E-state index in [0.717, 1.165) is 27.3 Å². The minimum absolute atomic E-state index is 0.343. The molecule has 8 nitrogen and oxygen atoms in total. The summed E-state index contributed by atoms with van der Waals surface area (Å²) >= 11 is 1.30. The smallest absolute Gasteiger partial charge is 0.326 e. The van der Waals surface area contributed by atoms with Crippen LogP contribution in [0.2, 0.25) is 0 Å². The van der Waals surface area contributed by atoms with Crippen molar-refractivity contribution in [1.82, 2.24) is 9.55 Å². The number of hydrogen-bond donors (Lipinski definition) is 1. The maximum Gasteiger partial charge on any atom is 0.326 e. The van der Waals surface area contributed by atoms with E-state index in [0.29, 0.717) is 15.9 Å². The molecule has 180 valence electrons. The highest BCUT2D eigenvalue weighted by Gasteiger charge is 2.20. The van der Waals surface area contributed by atoms with Crippen LogP contribution in [0.25, 0.3) is 20.7 Å². The summed E-state index contributed by atoms with van der Waals surface area (Å²) in [5, 5.41) is 2.78. The highest BCUT2D eigenvalue weighted by atomic mass is 32.1. The molecule has 0 aliphatic carbocycles. The van der Waals surface area contributed by atoms with E-state index in [4.69, 9.17) is 9.47 Å². The van der Waals surface area contributed by atoms with Crippen LogP contribution in [-0.4, -0.2) is 34.6 Å². The zero-order valence-electron chi connectivity index (χ0n) is 19.8. The van der Waals surface area contributed by atoms with Crippen LogP contribution in [0.1, 0.15) is 18.1 Å². The van der Waals surface area contributed by atoms with Gasteiger partial charge in [0.05, 0.1) is 19.0 Å². The monoisotopic (exact) mass is 491 g/mol. The number of thiophene rings is 1. The van der Waals surface area contributed by atoms with Gasteiger partial charge in [-0.15, -0.1) is 11.3 Å². The average Bonchev–Trinajstić information content (AvgIpc) is 3.28. The fraction of sp³-hybridized carbons (Fsp3) is 0.231. The van der Waals surface area contributed by atoms with E-state index in [2.05, 4.69) is 10.3 Å². The SMILES string of the molecule is COc1ccc(-c2cc3ncn(CC(=O)OC(C)C(=O)Nc4cc(C)ccc4C)c(=O)c3s2)cc1. The van der Waals surface area contributed by atoms with Crippen molar-refractivity contribution in [2.45, 2.75) is 33.4 Å². The van der Waals surface area contributed by atoms with Gasteiger partial charge in [-0.25, -0.2) is 4.98 Å². The summed E-state index contributed by atoms with van der Waals surface area (Å²) in [5.41, 5.74) is 3.71. The van der Waals surface area contributed by atoms with Gasteiger partial charge in [-0.2, -0.15) is 0 Å². The van der Waals surface area contributed by atoms with Crippen LogP contribution in [0, 0.1) is 13.8 Å². The van der Waals surface area contributed by atoms with Crippen LogP contribution in [0.4, 0.5) is 5.69 Å². The summed E-state index contributed by atoms with van der Waals surface area (Å²) < 4.78 is 12.1. The normalized spacial score (nSPS) is 11.8. The minimum atomic E-state index is -1.03. The van der Waals surface area contributed by atoms with Gasteiger partial charge < -0.3 is 14.8 Å². The van der Waals surface area contributed by atoms with Gasteiger partial charge in [0, 0.05) is 10.6 Å². The van der Waals surface area contributed by atoms with Crippen molar-refractivity contribution in [3.63, 3.8) is 0 Å². The molecule has 2 aromatic heterocycles. The Morgan fingerprint density at radius 2 is 1.86 bits per heavy atom. The van der Waals surface area contributed by atoms with Crippen molar-refractivity contribution in [1.29, 1.82) is 0 Å². The number of fused-ring (bicyclic) bond motifs is 1. The van der Waals surface area contributed by atoms with Gasteiger partial charge in [-0.1, -0.05) is 12.1 Å². The predicted octanol–water partition coefficient (Wildman–Crippen LogP) is 4.32. The van der Waals surface area contributed by atoms with Crippen LogP contribution in [-0.2, 0) is 20.9 Å². The van der Waals surface area contributed by atoms with E-state index in [9.17, 15) is 14.4 Å². The van der Waals surface area contributed by atoms with Crippen molar-refractivity contribution in [2.24, 2.45) is 0 Å². The number of carbonyl (C=O) groups excluding carboxylic acids is 2. The summed E-state index contributed by atoms with van der Waals surface area (Å²) in [6.45, 7) is 4.95. The summed E-state index contributed by atoms with van der Waals surface area (Å²) in [7, 11) is 1.60. The van der Waals surface area contributed by atoms with E-state index in [1.54, 1.807) is 7.11 Å². The van der Waals surface area contributed by atoms with Crippen molar-refractivity contribution in [3.8, 4) is 16.2 Å². The summed E-state index contributed by atoms with van der Waals surface area (Å²) in [6, 6.07) is 15.0. The van der Waals surface area contributed by atoms with Gasteiger partial charge in [0.25, 0.3) is 11.5 Å².